The van der Waals surface area contributed by atoms with E-state index in [-0.39, 0.29) is 6.04 Å². The minimum atomic E-state index is -0.0373. The molecule has 160 valence electrons. The number of nitrogens with zero attached hydrogens (tertiary/aromatic N) is 4. The summed E-state index contributed by atoms with van der Waals surface area (Å²) in [5, 5.41) is 0. The zero-order valence-electron chi connectivity index (χ0n) is 18.3. The lowest BCUT2D eigenvalue weighted by Crippen LogP contribution is -2.57. The first-order valence-electron chi connectivity index (χ1n) is 11.2. The number of piperazine rings is 2. The summed E-state index contributed by atoms with van der Waals surface area (Å²) in [5.74, 6) is 0.290. The second-order valence-electron chi connectivity index (χ2n) is 8.57. The molecule has 2 aliphatic rings. The van der Waals surface area contributed by atoms with Gasteiger partial charge in [0.2, 0.25) is 5.91 Å². The Balaban J connectivity index is 1.25. The van der Waals surface area contributed by atoms with E-state index >= 15 is 0 Å². The summed E-state index contributed by atoms with van der Waals surface area (Å²) < 4.78 is 0. The summed E-state index contributed by atoms with van der Waals surface area (Å²) in [7, 11) is 0. The molecule has 2 fully saturated rings. The van der Waals surface area contributed by atoms with Gasteiger partial charge in [-0.1, -0.05) is 48.5 Å². The third-order valence-corrected chi connectivity index (χ3v) is 6.61. The van der Waals surface area contributed by atoms with Crippen LogP contribution in [0.25, 0.3) is 0 Å². The lowest BCUT2D eigenvalue weighted by atomic mass is 10.1. The molecule has 2 aromatic carbocycles. The van der Waals surface area contributed by atoms with Crippen LogP contribution in [-0.2, 0) is 11.3 Å². The van der Waals surface area contributed by atoms with Crippen molar-refractivity contribution in [1.29, 1.82) is 0 Å². The van der Waals surface area contributed by atoms with Crippen molar-refractivity contribution in [2.45, 2.75) is 26.4 Å². The van der Waals surface area contributed by atoms with Gasteiger partial charge in [0.05, 0.1) is 6.04 Å². The van der Waals surface area contributed by atoms with Crippen molar-refractivity contribution in [3.63, 3.8) is 0 Å². The fourth-order valence-corrected chi connectivity index (χ4v) is 4.66. The van der Waals surface area contributed by atoms with Crippen molar-refractivity contribution in [3.8, 4) is 0 Å². The molecule has 0 radical (unpaired) electrons. The number of anilines is 1. The van der Waals surface area contributed by atoms with Crippen LogP contribution in [0.15, 0.2) is 54.6 Å². The normalized spacial score (nSPS) is 19.7. The van der Waals surface area contributed by atoms with E-state index in [1.807, 2.05) is 0 Å². The quantitative estimate of drug-likeness (QED) is 0.764. The van der Waals surface area contributed by atoms with Crippen molar-refractivity contribution >= 4 is 11.6 Å². The third-order valence-electron chi connectivity index (χ3n) is 6.61. The zero-order valence-corrected chi connectivity index (χ0v) is 18.3. The van der Waals surface area contributed by atoms with Gasteiger partial charge in [0.15, 0.2) is 0 Å². The van der Waals surface area contributed by atoms with Gasteiger partial charge in [-0.3, -0.25) is 14.6 Å². The van der Waals surface area contributed by atoms with Gasteiger partial charge in [-0.25, -0.2) is 0 Å². The first-order valence-corrected chi connectivity index (χ1v) is 11.2. The number of hydrogen-bond acceptors (Lipinski definition) is 4. The summed E-state index contributed by atoms with van der Waals surface area (Å²) in [6.45, 7) is 12.6. The first-order chi connectivity index (χ1) is 14.6. The summed E-state index contributed by atoms with van der Waals surface area (Å²) in [6.07, 6.45) is 0. The van der Waals surface area contributed by atoms with E-state index in [0.29, 0.717) is 5.91 Å². The smallest absolute Gasteiger partial charge is 0.239 e. The second-order valence-corrected chi connectivity index (χ2v) is 8.57. The molecule has 30 heavy (non-hydrogen) atoms. The largest absolute Gasteiger partial charge is 0.369 e. The van der Waals surface area contributed by atoms with Crippen LogP contribution in [0.2, 0.25) is 0 Å². The Kier molecular flexibility index (Phi) is 6.70. The van der Waals surface area contributed by atoms with E-state index < -0.39 is 0 Å². The first kappa shape index (κ1) is 20.9. The van der Waals surface area contributed by atoms with Crippen LogP contribution in [0.1, 0.15) is 18.1 Å². The molecule has 4 rings (SSSR count). The number of hydrogen-bond donors (Lipinski definition) is 0. The molecule has 1 atom stereocenters. The molecular weight excluding hydrogens is 372 g/mol. The third kappa shape index (κ3) is 4.85. The van der Waals surface area contributed by atoms with E-state index in [1.54, 1.807) is 0 Å². The van der Waals surface area contributed by atoms with Gasteiger partial charge in [-0.2, -0.15) is 0 Å². The Morgan fingerprint density at radius 3 is 2.13 bits per heavy atom. The van der Waals surface area contributed by atoms with Gasteiger partial charge < -0.3 is 9.80 Å². The number of carbonyl (C=O) groups excluding carboxylic acids is 1. The minimum absolute atomic E-state index is 0.0373. The lowest BCUT2D eigenvalue weighted by Gasteiger charge is -2.41. The van der Waals surface area contributed by atoms with Crippen LogP contribution in [0, 0.1) is 6.92 Å². The fraction of sp³-hybridized carbons (Fsp3) is 0.480. The molecule has 2 saturated heterocycles. The maximum Gasteiger partial charge on any atom is 0.239 e. The molecule has 2 heterocycles. The highest BCUT2D eigenvalue weighted by Gasteiger charge is 2.30. The minimum Gasteiger partial charge on any atom is -0.369 e. The number of amides is 1. The summed E-state index contributed by atoms with van der Waals surface area (Å²) >= 11 is 0. The molecule has 0 spiro atoms. The molecule has 5 nitrogen and oxygen atoms in total. The summed E-state index contributed by atoms with van der Waals surface area (Å²) in [5.41, 5.74) is 3.99. The van der Waals surface area contributed by atoms with E-state index in [1.165, 1.54) is 16.8 Å². The topological polar surface area (TPSA) is 30.0 Å². The van der Waals surface area contributed by atoms with Crippen LogP contribution in [0.4, 0.5) is 5.69 Å². The molecule has 0 aromatic heterocycles. The monoisotopic (exact) mass is 406 g/mol. The maximum atomic E-state index is 13.1. The molecule has 1 amide bonds. The van der Waals surface area contributed by atoms with E-state index in [2.05, 4.69) is 88.0 Å². The molecule has 2 aromatic rings. The van der Waals surface area contributed by atoms with Gasteiger partial charge in [-0.05, 0) is 31.0 Å². The Bertz CT molecular complexity index is 824. The predicted octanol–water partition coefficient (Wildman–Crippen LogP) is 2.85. The number of para-hydroxylation sites is 1. The van der Waals surface area contributed by atoms with Crippen molar-refractivity contribution in [2.24, 2.45) is 0 Å². The number of rotatable bonds is 5. The van der Waals surface area contributed by atoms with Gasteiger partial charge in [0.25, 0.3) is 0 Å². The van der Waals surface area contributed by atoms with E-state index in [0.717, 1.165) is 58.9 Å². The molecule has 0 unspecified atom stereocenters. The maximum absolute atomic E-state index is 13.1. The van der Waals surface area contributed by atoms with Crippen molar-refractivity contribution < 1.29 is 4.79 Å². The molecule has 5 heteroatoms. The van der Waals surface area contributed by atoms with Gasteiger partial charge >= 0.3 is 0 Å². The Hall–Kier alpha value is -2.37. The predicted molar refractivity (Wildman–Crippen MR) is 123 cm³/mol. The van der Waals surface area contributed by atoms with Gasteiger partial charge in [0, 0.05) is 64.6 Å². The number of aryl methyl sites for hydroxylation is 1. The summed E-state index contributed by atoms with van der Waals surface area (Å²) in [4.78, 5) is 22.4. The van der Waals surface area contributed by atoms with Gasteiger partial charge in [-0.15, -0.1) is 0 Å². The number of carbonyl (C=O) groups is 1. The highest BCUT2D eigenvalue weighted by atomic mass is 16.2. The van der Waals surface area contributed by atoms with Crippen LogP contribution in [0.5, 0.6) is 0 Å². The van der Waals surface area contributed by atoms with Crippen molar-refractivity contribution in [1.82, 2.24) is 14.7 Å². The second kappa shape index (κ2) is 9.63. The van der Waals surface area contributed by atoms with E-state index in [4.69, 9.17) is 0 Å². The molecule has 0 bridgehead atoms. The lowest BCUT2D eigenvalue weighted by molar-refractivity contribution is -0.138. The average molecular weight is 407 g/mol. The van der Waals surface area contributed by atoms with E-state index in [9.17, 15) is 4.79 Å². The molecule has 2 aliphatic heterocycles. The molecular formula is C25H34N4O. The van der Waals surface area contributed by atoms with Crippen LogP contribution in [-0.4, -0.2) is 79.0 Å². The number of benzene rings is 2. The van der Waals surface area contributed by atoms with Gasteiger partial charge in [0.1, 0.15) is 0 Å². The molecule has 0 saturated carbocycles. The Labute approximate surface area is 180 Å². The average Bonchev–Trinajstić information content (AvgIpc) is 2.80. The van der Waals surface area contributed by atoms with Crippen LogP contribution in [0.3, 0.4) is 0 Å². The van der Waals surface area contributed by atoms with Crippen LogP contribution < -0.4 is 4.90 Å². The highest BCUT2D eigenvalue weighted by molar-refractivity contribution is 5.81. The zero-order chi connectivity index (χ0) is 20.9. The van der Waals surface area contributed by atoms with Crippen molar-refractivity contribution in [2.75, 3.05) is 57.3 Å². The Morgan fingerprint density at radius 2 is 1.47 bits per heavy atom. The fourth-order valence-electron chi connectivity index (χ4n) is 4.66. The standard InChI is InChI=1S/C25H34N4O/c1-21-8-6-7-11-24(21)28-18-16-27(17-19-28)22(2)25(30)29-14-12-26(13-15-29)20-23-9-4-3-5-10-23/h3-11,22H,12-20H2,1-2H3/t22-/m1/s1. The SMILES string of the molecule is Cc1ccccc1N1CCN([C@H](C)C(=O)N2CCN(Cc3ccccc3)CC2)CC1. The van der Waals surface area contributed by atoms with Crippen molar-refractivity contribution in [3.05, 3.63) is 65.7 Å². The molecule has 0 N–H and O–H groups in total. The van der Waals surface area contributed by atoms with Crippen LogP contribution >= 0.6 is 0 Å². The highest BCUT2D eigenvalue weighted by Crippen LogP contribution is 2.22. The Morgan fingerprint density at radius 1 is 0.833 bits per heavy atom. The molecule has 0 aliphatic carbocycles. The summed E-state index contributed by atoms with van der Waals surface area (Å²) in [6, 6.07) is 19.1.